The minimum atomic E-state index is -3.68. The van der Waals surface area contributed by atoms with Crippen LogP contribution in [0.25, 0.3) is 0 Å². The first kappa shape index (κ1) is 15.1. The molecule has 0 heterocycles. The number of carbonyl (C=O) groups excluding carboxylic acids is 1. The first-order valence-electron chi connectivity index (χ1n) is 4.87. The topological polar surface area (TPSA) is 80.5 Å². The first-order chi connectivity index (χ1) is 8.12. The van der Waals surface area contributed by atoms with Crippen LogP contribution in [0, 0.1) is 0 Å². The molecule has 0 radical (unpaired) electrons. The molecule has 0 saturated heterocycles. The molecule has 8 heteroatoms. The van der Waals surface area contributed by atoms with Crippen LogP contribution in [0.1, 0.15) is 6.92 Å². The van der Waals surface area contributed by atoms with Crippen molar-refractivity contribution >= 4 is 44.8 Å². The van der Waals surface area contributed by atoms with E-state index < -0.39 is 22.0 Å². The zero-order valence-corrected chi connectivity index (χ0v) is 12.1. The second kappa shape index (κ2) is 5.34. The highest BCUT2D eigenvalue weighted by molar-refractivity contribution is 7.92. The van der Waals surface area contributed by atoms with Gasteiger partial charge in [0.15, 0.2) is 0 Å². The molecule has 0 saturated carbocycles. The minimum Gasteiger partial charge on any atom is -0.368 e. The van der Waals surface area contributed by atoms with Crippen molar-refractivity contribution in [2.24, 2.45) is 5.73 Å². The van der Waals surface area contributed by atoms with Crippen molar-refractivity contribution in [2.45, 2.75) is 13.0 Å². The highest BCUT2D eigenvalue weighted by Gasteiger charge is 2.27. The van der Waals surface area contributed by atoms with Gasteiger partial charge in [0, 0.05) is 10.0 Å². The van der Waals surface area contributed by atoms with E-state index in [4.69, 9.17) is 28.9 Å². The van der Waals surface area contributed by atoms with E-state index >= 15 is 0 Å². The number of rotatable bonds is 4. The van der Waals surface area contributed by atoms with Crippen LogP contribution in [-0.2, 0) is 14.8 Å². The lowest BCUT2D eigenvalue weighted by molar-refractivity contribution is -0.118. The Balaban J connectivity index is 3.40. The molecule has 0 aliphatic heterocycles. The number of nitrogens with zero attached hydrogens (tertiary/aromatic N) is 1. The Morgan fingerprint density at radius 1 is 1.28 bits per heavy atom. The molecule has 2 N–H and O–H groups in total. The van der Waals surface area contributed by atoms with Crippen molar-refractivity contribution in [3.8, 4) is 0 Å². The number of hydrogen-bond donors (Lipinski definition) is 1. The molecular weight excluding hydrogens is 299 g/mol. The summed E-state index contributed by atoms with van der Waals surface area (Å²) in [5, 5.41) is 0.533. The van der Waals surface area contributed by atoms with E-state index in [0.717, 1.165) is 10.6 Å². The number of amides is 1. The summed E-state index contributed by atoms with van der Waals surface area (Å²) in [6, 6.07) is 3.22. The van der Waals surface area contributed by atoms with Crippen LogP contribution in [-0.4, -0.2) is 26.6 Å². The van der Waals surface area contributed by atoms with Crippen LogP contribution in [0.2, 0.25) is 10.0 Å². The highest BCUT2D eigenvalue weighted by Crippen LogP contribution is 2.28. The molecule has 0 aromatic heterocycles. The van der Waals surface area contributed by atoms with Crippen LogP contribution in [0.15, 0.2) is 18.2 Å². The van der Waals surface area contributed by atoms with Crippen molar-refractivity contribution in [1.82, 2.24) is 0 Å². The third-order valence-electron chi connectivity index (χ3n) is 2.22. The number of sulfonamides is 1. The molecule has 5 nitrogen and oxygen atoms in total. The van der Waals surface area contributed by atoms with Crippen LogP contribution in [0.4, 0.5) is 5.69 Å². The highest BCUT2D eigenvalue weighted by atomic mass is 35.5. The molecule has 0 spiro atoms. The molecule has 1 aromatic carbocycles. The number of benzene rings is 1. The molecule has 0 aliphatic carbocycles. The van der Waals surface area contributed by atoms with E-state index in [1.165, 1.54) is 25.1 Å². The molecule has 0 fully saturated rings. The van der Waals surface area contributed by atoms with E-state index in [9.17, 15) is 13.2 Å². The van der Waals surface area contributed by atoms with Gasteiger partial charge in [-0.05, 0) is 25.1 Å². The lowest BCUT2D eigenvalue weighted by atomic mass is 10.2. The maximum absolute atomic E-state index is 11.7. The fourth-order valence-electron chi connectivity index (χ4n) is 1.48. The summed E-state index contributed by atoms with van der Waals surface area (Å²) in [5.74, 6) is -0.767. The smallest absolute Gasteiger partial charge is 0.241 e. The molecule has 1 atom stereocenters. The Kier molecular flexibility index (Phi) is 4.47. The predicted octanol–water partition coefficient (Wildman–Crippen LogP) is 1.63. The molecule has 18 heavy (non-hydrogen) atoms. The Hall–Kier alpha value is -0.980. The molecule has 1 amide bonds. The standard InChI is InChI=1S/C10H12Cl2N2O3S/c1-6(10(13)15)14(18(2,16)17)9-4-7(11)3-8(12)5-9/h3-6H,1-2H3,(H2,13,15)/t6-/m0/s1. The van der Waals surface area contributed by atoms with Gasteiger partial charge in [-0.1, -0.05) is 23.2 Å². The summed E-state index contributed by atoms with van der Waals surface area (Å²) < 4.78 is 24.3. The van der Waals surface area contributed by atoms with Gasteiger partial charge >= 0.3 is 0 Å². The molecular formula is C10H12Cl2N2O3S. The van der Waals surface area contributed by atoms with Crippen molar-refractivity contribution in [3.63, 3.8) is 0 Å². The first-order valence-corrected chi connectivity index (χ1v) is 7.48. The van der Waals surface area contributed by atoms with E-state index in [2.05, 4.69) is 0 Å². The average molecular weight is 311 g/mol. The summed E-state index contributed by atoms with van der Waals surface area (Å²) >= 11 is 11.6. The van der Waals surface area contributed by atoms with E-state index in [1.54, 1.807) is 0 Å². The SMILES string of the molecule is C[C@@H](C(N)=O)N(c1cc(Cl)cc(Cl)c1)S(C)(=O)=O. The van der Waals surface area contributed by atoms with Crippen molar-refractivity contribution in [3.05, 3.63) is 28.2 Å². The summed E-state index contributed by atoms with van der Waals surface area (Å²) in [6.45, 7) is 1.39. The monoisotopic (exact) mass is 310 g/mol. The summed E-state index contributed by atoms with van der Waals surface area (Å²) in [5.41, 5.74) is 5.33. The van der Waals surface area contributed by atoms with Crippen LogP contribution in [0.5, 0.6) is 0 Å². The fraction of sp³-hybridized carbons (Fsp3) is 0.300. The minimum absolute atomic E-state index is 0.196. The summed E-state index contributed by atoms with van der Waals surface area (Å²) in [6.07, 6.45) is 0.973. The van der Waals surface area contributed by atoms with Gasteiger partial charge in [-0.25, -0.2) is 8.42 Å². The van der Waals surface area contributed by atoms with Crippen LogP contribution < -0.4 is 10.0 Å². The number of anilines is 1. The lowest BCUT2D eigenvalue weighted by Gasteiger charge is -2.27. The average Bonchev–Trinajstić information content (AvgIpc) is 2.13. The number of nitrogens with two attached hydrogens (primary N) is 1. The van der Waals surface area contributed by atoms with Gasteiger partial charge in [-0.15, -0.1) is 0 Å². The number of hydrogen-bond acceptors (Lipinski definition) is 3. The van der Waals surface area contributed by atoms with Gasteiger partial charge in [0.2, 0.25) is 15.9 Å². The second-order valence-electron chi connectivity index (χ2n) is 3.76. The lowest BCUT2D eigenvalue weighted by Crippen LogP contribution is -2.45. The Labute approximate surface area is 116 Å². The summed E-state index contributed by atoms with van der Waals surface area (Å²) in [4.78, 5) is 11.2. The van der Waals surface area contributed by atoms with Crippen molar-refractivity contribution in [2.75, 3.05) is 10.6 Å². The van der Waals surface area contributed by atoms with E-state index in [-0.39, 0.29) is 15.7 Å². The van der Waals surface area contributed by atoms with Gasteiger partial charge in [0.25, 0.3) is 0 Å². The molecule has 100 valence electrons. The third-order valence-corrected chi connectivity index (χ3v) is 3.90. The quantitative estimate of drug-likeness (QED) is 0.917. The maximum Gasteiger partial charge on any atom is 0.241 e. The van der Waals surface area contributed by atoms with Gasteiger partial charge in [-0.2, -0.15) is 0 Å². The molecule has 1 aromatic rings. The maximum atomic E-state index is 11.7. The van der Waals surface area contributed by atoms with Gasteiger partial charge < -0.3 is 5.73 Å². The Morgan fingerprint density at radius 2 is 1.72 bits per heavy atom. The third kappa shape index (κ3) is 3.51. The zero-order valence-electron chi connectivity index (χ0n) is 9.72. The van der Waals surface area contributed by atoms with Crippen molar-refractivity contribution < 1.29 is 13.2 Å². The molecule has 1 rings (SSSR count). The molecule has 0 bridgehead atoms. The second-order valence-corrected chi connectivity index (χ2v) is 6.50. The predicted molar refractivity (Wildman–Crippen MR) is 72.4 cm³/mol. The van der Waals surface area contributed by atoms with Gasteiger partial charge in [0.05, 0.1) is 11.9 Å². The number of halogens is 2. The van der Waals surface area contributed by atoms with Gasteiger partial charge in [-0.3, -0.25) is 9.10 Å². The fourth-order valence-corrected chi connectivity index (χ4v) is 3.17. The Morgan fingerprint density at radius 3 is 2.06 bits per heavy atom. The van der Waals surface area contributed by atoms with Gasteiger partial charge in [0.1, 0.15) is 6.04 Å². The molecule has 0 aliphatic rings. The zero-order chi connectivity index (χ0) is 14.1. The summed E-state index contributed by atoms with van der Waals surface area (Å²) in [7, 11) is -3.68. The number of carbonyl (C=O) groups is 1. The normalized spacial score (nSPS) is 13.1. The number of primary amides is 1. The van der Waals surface area contributed by atoms with Crippen LogP contribution >= 0.6 is 23.2 Å². The molecule has 0 unspecified atom stereocenters. The van der Waals surface area contributed by atoms with Crippen molar-refractivity contribution in [1.29, 1.82) is 0 Å². The largest absolute Gasteiger partial charge is 0.368 e. The van der Waals surface area contributed by atoms with Crippen LogP contribution in [0.3, 0.4) is 0 Å². The van der Waals surface area contributed by atoms with E-state index in [0.29, 0.717) is 0 Å². The van der Waals surface area contributed by atoms with E-state index in [1.807, 2.05) is 0 Å². The Bertz CT molecular complexity index is 554.